The van der Waals surface area contributed by atoms with Gasteiger partial charge in [-0.25, -0.2) is 0 Å². The zero-order valence-electron chi connectivity index (χ0n) is 19.8. The van der Waals surface area contributed by atoms with Gasteiger partial charge in [-0.15, -0.1) is 0 Å². The highest BCUT2D eigenvalue weighted by Crippen LogP contribution is 2.50. The minimum atomic E-state index is -0.520. The van der Waals surface area contributed by atoms with Gasteiger partial charge in [0.1, 0.15) is 19.0 Å². The van der Waals surface area contributed by atoms with Crippen LogP contribution in [0.3, 0.4) is 0 Å². The highest BCUT2D eigenvalue weighted by Gasteiger charge is 2.37. The van der Waals surface area contributed by atoms with E-state index >= 15 is 0 Å². The van der Waals surface area contributed by atoms with E-state index in [0.717, 1.165) is 52.1 Å². The molecule has 4 nitrogen and oxygen atoms in total. The Hall–Kier alpha value is 1.32. The van der Waals surface area contributed by atoms with Crippen molar-refractivity contribution in [1.29, 1.82) is 0 Å². The Morgan fingerprint density at radius 2 is 0.828 bits per heavy atom. The van der Waals surface area contributed by atoms with E-state index in [4.69, 9.17) is 18.9 Å². The number of rotatable bonds is 22. The van der Waals surface area contributed by atoms with Gasteiger partial charge in [-0.2, -0.15) is 0 Å². The zero-order valence-corrected chi connectivity index (χ0v) is 25.0. The lowest BCUT2D eigenvalue weighted by molar-refractivity contribution is -0.116. The van der Waals surface area contributed by atoms with Crippen LogP contribution in [0.4, 0.5) is 0 Å². The molecule has 0 amide bonds. The van der Waals surface area contributed by atoms with Crippen molar-refractivity contribution >= 4 is 50.5 Å². The maximum atomic E-state index is 6.34. The molecule has 0 aromatic rings. The van der Waals surface area contributed by atoms with E-state index in [1.54, 1.807) is 31.4 Å². The predicted octanol–water partition coefficient (Wildman–Crippen LogP) is 5.94. The maximum absolute atomic E-state index is 6.34. The molecule has 0 N–H and O–H groups in total. The van der Waals surface area contributed by atoms with Crippen LogP contribution in [0, 0.1) is 0 Å². The number of hydrogen-bond donors (Lipinski definition) is 0. The van der Waals surface area contributed by atoms with Gasteiger partial charge in [0.05, 0.1) is 26.4 Å². The van der Waals surface area contributed by atoms with Crippen LogP contribution in [0.5, 0.6) is 0 Å². The first-order chi connectivity index (χ1) is 14.1. The lowest BCUT2D eigenvalue weighted by atomic mass is 10.5. The summed E-state index contributed by atoms with van der Waals surface area (Å²) >= 11 is 0. The topological polar surface area (TPSA) is 36.9 Å². The van der Waals surface area contributed by atoms with E-state index in [-0.39, 0.29) is 0 Å². The minimum absolute atomic E-state index is 0.437. The van der Waals surface area contributed by atoms with Gasteiger partial charge in [0.15, 0.2) is 0 Å². The molecule has 0 aromatic heterocycles. The van der Waals surface area contributed by atoms with E-state index in [2.05, 4.69) is 41.5 Å². The largest absolute Gasteiger partial charge is 0.345 e. The van der Waals surface area contributed by atoms with Crippen LogP contribution in [0.1, 0.15) is 80.1 Å². The van der Waals surface area contributed by atoms with Gasteiger partial charge in [-0.1, -0.05) is 66.5 Å². The maximum Gasteiger partial charge on any atom is 0.200 e. The van der Waals surface area contributed by atoms with Crippen LogP contribution in [0.2, 0.25) is 12.1 Å². The van der Waals surface area contributed by atoms with Crippen molar-refractivity contribution in [3.8, 4) is 0 Å². The SMILES string of the molecule is CCCOC(OCCC)([SiH2]CCC)SSSC(OCCC)(OCCC)[SiH2]CCC. The Balaban J connectivity index is 5.21. The lowest BCUT2D eigenvalue weighted by Gasteiger charge is -2.35. The van der Waals surface area contributed by atoms with Gasteiger partial charge in [-0.3, -0.25) is 0 Å². The molecule has 0 fully saturated rings. The van der Waals surface area contributed by atoms with Crippen LogP contribution in [-0.4, -0.2) is 55.0 Å². The molecule has 0 saturated heterocycles. The third-order valence-electron chi connectivity index (χ3n) is 4.10. The summed E-state index contributed by atoms with van der Waals surface area (Å²) in [6.45, 7) is 16.2. The van der Waals surface area contributed by atoms with Crippen molar-refractivity contribution in [2.45, 2.75) is 102 Å². The van der Waals surface area contributed by atoms with Gasteiger partial charge >= 0.3 is 0 Å². The normalized spacial score (nSPS) is 13.4. The second-order valence-electron chi connectivity index (χ2n) is 7.20. The van der Waals surface area contributed by atoms with Crippen LogP contribution < -0.4 is 0 Å². The second kappa shape index (κ2) is 20.0. The molecule has 29 heavy (non-hydrogen) atoms. The smallest absolute Gasteiger partial charge is 0.200 e. The van der Waals surface area contributed by atoms with Crippen molar-refractivity contribution < 1.29 is 18.9 Å². The molecule has 0 rings (SSSR count). The fraction of sp³-hybridized carbons (Fsp3) is 1.00. The molecule has 0 heterocycles. The average molecular weight is 503 g/mol. The van der Waals surface area contributed by atoms with Crippen LogP contribution in [0.15, 0.2) is 0 Å². The summed E-state index contributed by atoms with van der Waals surface area (Å²) in [5.41, 5.74) is 0. The first-order valence-electron chi connectivity index (χ1n) is 11.7. The first kappa shape index (κ1) is 30.3. The zero-order chi connectivity index (χ0) is 21.8. The van der Waals surface area contributed by atoms with Crippen molar-refractivity contribution in [1.82, 2.24) is 0 Å². The van der Waals surface area contributed by atoms with Gasteiger partial charge in [-0.05, 0) is 57.1 Å². The van der Waals surface area contributed by atoms with Gasteiger partial charge in [0.25, 0.3) is 0 Å². The number of hydrogen-bond acceptors (Lipinski definition) is 7. The highest BCUT2D eigenvalue weighted by molar-refractivity contribution is 9.10. The Labute approximate surface area is 196 Å². The molecule has 0 aliphatic rings. The third-order valence-corrected chi connectivity index (χ3v) is 15.9. The first-order valence-corrected chi connectivity index (χ1v) is 18.6. The molecule has 0 saturated carbocycles. The van der Waals surface area contributed by atoms with Crippen LogP contribution in [0.25, 0.3) is 0 Å². The molecule has 0 atom stereocenters. The summed E-state index contributed by atoms with van der Waals surface area (Å²) < 4.78 is 24.5. The molecular formula is C20H46O4S3Si2. The van der Waals surface area contributed by atoms with E-state index in [9.17, 15) is 0 Å². The van der Waals surface area contributed by atoms with E-state index in [1.807, 2.05) is 0 Å². The molecule has 0 aromatic carbocycles. The molecule has 0 unspecified atom stereocenters. The average Bonchev–Trinajstić information content (AvgIpc) is 2.75. The fourth-order valence-corrected chi connectivity index (χ4v) is 15.1. The Morgan fingerprint density at radius 3 is 1.07 bits per heavy atom. The molecule has 0 aliphatic heterocycles. The minimum Gasteiger partial charge on any atom is -0.345 e. The van der Waals surface area contributed by atoms with Crippen molar-refractivity contribution in [3.05, 3.63) is 0 Å². The molecular weight excluding hydrogens is 457 g/mol. The molecule has 0 radical (unpaired) electrons. The predicted molar refractivity (Wildman–Crippen MR) is 140 cm³/mol. The number of ether oxygens (including phenoxy) is 4. The molecule has 0 bridgehead atoms. The monoisotopic (exact) mass is 502 g/mol. The Kier molecular flexibility index (Phi) is 20.9. The standard InChI is InChI=1S/C20H46O4S3Si2/c1-7-13-21-19(22-14-8-2,28-17-11-5)25-27-26-20(23-15-9-3,24-16-10-4)29-18-12-6/h7-18,28-29H2,1-6H3. The molecule has 176 valence electrons. The summed E-state index contributed by atoms with van der Waals surface area (Å²) in [6, 6.07) is 2.47. The summed E-state index contributed by atoms with van der Waals surface area (Å²) in [7, 11) is 4.28. The van der Waals surface area contributed by atoms with E-state index in [1.165, 1.54) is 24.9 Å². The lowest BCUT2D eigenvalue weighted by Crippen LogP contribution is -2.40. The fourth-order valence-electron chi connectivity index (χ4n) is 2.49. The van der Waals surface area contributed by atoms with Gasteiger partial charge in [0, 0.05) is 0 Å². The quantitative estimate of drug-likeness (QED) is 0.103. The molecule has 0 spiro atoms. The Morgan fingerprint density at radius 1 is 0.517 bits per heavy atom. The Bertz CT molecular complexity index is 293. The summed E-state index contributed by atoms with van der Waals surface area (Å²) in [5, 5.41) is 0. The van der Waals surface area contributed by atoms with Gasteiger partial charge in [0.2, 0.25) is 9.48 Å². The molecule has 9 heteroatoms. The molecule has 0 aliphatic carbocycles. The second-order valence-corrected chi connectivity index (χ2v) is 16.8. The van der Waals surface area contributed by atoms with Gasteiger partial charge < -0.3 is 18.9 Å². The summed E-state index contributed by atoms with van der Waals surface area (Å²) in [5.74, 6) is 0. The highest BCUT2D eigenvalue weighted by atomic mass is 33.5. The van der Waals surface area contributed by atoms with Crippen LogP contribution >= 0.6 is 31.4 Å². The van der Waals surface area contributed by atoms with Crippen molar-refractivity contribution in [3.63, 3.8) is 0 Å². The van der Waals surface area contributed by atoms with E-state index < -0.39 is 28.5 Å². The third kappa shape index (κ3) is 14.2. The van der Waals surface area contributed by atoms with E-state index in [0.29, 0.717) is 0 Å². The van der Waals surface area contributed by atoms with Crippen molar-refractivity contribution in [2.75, 3.05) is 26.4 Å². The summed E-state index contributed by atoms with van der Waals surface area (Å²) in [4.78, 5) is 0. The van der Waals surface area contributed by atoms with Crippen molar-refractivity contribution in [2.24, 2.45) is 0 Å². The summed E-state index contributed by atoms with van der Waals surface area (Å²) in [6.07, 6.45) is 6.46. The van der Waals surface area contributed by atoms with Crippen LogP contribution in [-0.2, 0) is 18.9 Å².